The quantitative estimate of drug-likeness (QED) is 0.567. The number of nitrogens with one attached hydrogen (secondary N) is 1. The lowest BCUT2D eigenvalue weighted by molar-refractivity contribution is -0.134. The third kappa shape index (κ3) is 5.60. The average Bonchev–Trinajstić information content (AvgIpc) is 2.83. The van der Waals surface area contributed by atoms with E-state index in [-0.39, 0.29) is 5.91 Å². The number of rotatable bonds is 9. The Bertz CT molecular complexity index is 1120. The number of hydrogen-bond donors (Lipinski definition) is 1. The molecule has 0 aromatic heterocycles. The molecular formula is C23H30FN3O6S. The minimum atomic E-state index is -4.16. The van der Waals surface area contributed by atoms with Crippen LogP contribution in [-0.2, 0) is 21.4 Å². The van der Waals surface area contributed by atoms with Crippen LogP contribution in [-0.4, -0.2) is 77.7 Å². The molecule has 186 valence electrons. The van der Waals surface area contributed by atoms with Crippen molar-refractivity contribution in [3.8, 4) is 17.2 Å². The van der Waals surface area contributed by atoms with Crippen LogP contribution < -0.4 is 18.9 Å². The van der Waals surface area contributed by atoms with Gasteiger partial charge in [-0.2, -0.15) is 4.72 Å². The molecule has 0 unspecified atom stereocenters. The first-order valence-corrected chi connectivity index (χ1v) is 12.3. The van der Waals surface area contributed by atoms with Crippen LogP contribution in [0.25, 0.3) is 0 Å². The number of benzene rings is 2. The lowest BCUT2D eigenvalue weighted by Crippen LogP contribution is -2.53. The molecule has 34 heavy (non-hydrogen) atoms. The van der Waals surface area contributed by atoms with Gasteiger partial charge in [-0.3, -0.25) is 9.69 Å². The number of piperazine rings is 1. The minimum absolute atomic E-state index is 0.358. The highest BCUT2D eigenvalue weighted by Crippen LogP contribution is 2.40. The molecule has 0 radical (unpaired) electrons. The van der Waals surface area contributed by atoms with Crippen LogP contribution in [0.1, 0.15) is 12.5 Å². The van der Waals surface area contributed by atoms with Crippen LogP contribution in [0.5, 0.6) is 17.2 Å². The Hall–Kier alpha value is -2.89. The Morgan fingerprint density at radius 1 is 1.00 bits per heavy atom. The van der Waals surface area contributed by atoms with Crippen molar-refractivity contribution >= 4 is 15.9 Å². The van der Waals surface area contributed by atoms with Crippen molar-refractivity contribution in [2.24, 2.45) is 0 Å². The smallest absolute Gasteiger partial charge is 0.244 e. The molecule has 11 heteroatoms. The van der Waals surface area contributed by atoms with Gasteiger partial charge in [-0.1, -0.05) is 18.2 Å². The summed E-state index contributed by atoms with van der Waals surface area (Å²) < 4.78 is 57.5. The fourth-order valence-electron chi connectivity index (χ4n) is 3.94. The molecule has 9 nitrogen and oxygen atoms in total. The van der Waals surface area contributed by atoms with Gasteiger partial charge in [0.2, 0.25) is 21.7 Å². The van der Waals surface area contributed by atoms with Crippen molar-refractivity contribution in [2.45, 2.75) is 24.4 Å². The SMILES string of the molecule is COc1ccc(CN2CCN(C(=O)[C@H](C)NS(=O)(=O)c3ccccc3F)CC2)c(OC)c1OC. The lowest BCUT2D eigenvalue weighted by Gasteiger charge is -2.36. The first-order valence-electron chi connectivity index (χ1n) is 10.8. The second kappa shape index (κ2) is 11.0. The van der Waals surface area contributed by atoms with E-state index in [1.54, 1.807) is 26.2 Å². The van der Waals surface area contributed by atoms with E-state index in [9.17, 15) is 17.6 Å². The second-order valence-electron chi connectivity index (χ2n) is 7.87. The van der Waals surface area contributed by atoms with Gasteiger partial charge in [0.25, 0.3) is 0 Å². The topological polar surface area (TPSA) is 97.4 Å². The van der Waals surface area contributed by atoms with Gasteiger partial charge in [0.1, 0.15) is 10.7 Å². The third-order valence-electron chi connectivity index (χ3n) is 5.69. The summed E-state index contributed by atoms with van der Waals surface area (Å²) in [5, 5.41) is 0. The summed E-state index contributed by atoms with van der Waals surface area (Å²) >= 11 is 0. The Kier molecular flexibility index (Phi) is 8.34. The fraction of sp³-hybridized carbons (Fsp3) is 0.435. The predicted octanol–water partition coefficient (Wildman–Crippen LogP) is 1.86. The second-order valence-corrected chi connectivity index (χ2v) is 9.55. The lowest BCUT2D eigenvalue weighted by atomic mass is 10.1. The maximum atomic E-state index is 13.9. The Morgan fingerprint density at radius 3 is 2.24 bits per heavy atom. The van der Waals surface area contributed by atoms with Crippen molar-refractivity contribution < 1.29 is 31.8 Å². The first-order chi connectivity index (χ1) is 16.2. The van der Waals surface area contributed by atoms with Crippen LogP contribution in [0.4, 0.5) is 4.39 Å². The van der Waals surface area contributed by atoms with Gasteiger partial charge in [-0.05, 0) is 25.1 Å². The number of methoxy groups -OCH3 is 3. The molecule has 1 N–H and O–H groups in total. The number of halogens is 1. The van der Waals surface area contributed by atoms with Crippen molar-refractivity contribution in [1.29, 1.82) is 0 Å². The standard InChI is InChI=1S/C23H30FN3O6S/c1-16(25-34(29,30)20-8-6-5-7-18(20)24)23(28)27-13-11-26(12-14-27)15-17-9-10-19(31-2)22(33-4)21(17)32-3/h5-10,16,25H,11-15H2,1-4H3/t16-/m0/s1. The molecule has 3 rings (SSSR count). The number of hydrogen-bond acceptors (Lipinski definition) is 7. The highest BCUT2D eigenvalue weighted by atomic mass is 32.2. The fourth-order valence-corrected chi connectivity index (χ4v) is 5.21. The molecular weight excluding hydrogens is 465 g/mol. The minimum Gasteiger partial charge on any atom is -0.493 e. The Labute approximate surface area is 199 Å². The van der Waals surface area contributed by atoms with Crippen molar-refractivity contribution in [3.05, 3.63) is 47.8 Å². The summed E-state index contributed by atoms with van der Waals surface area (Å²) in [6, 6.07) is 7.76. The average molecular weight is 496 g/mol. The molecule has 1 aliphatic rings. The first kappa shape index (κ1) is 25.7. The van der Waals surface area contributed by atoms with Gasteiger partial charge < -0.3 is 19.1 Å². The molecule has 0 saturated carbocycles. The van der Waals surface area contributed by atoms with E-state index in [0.717, 1.165) is 17.7 Å². The monoisotopic (exact) mass is 495 g/mol. The molecule has 1 fully saturated rings. The van der Waals surface area contributed by atoms with Gasteiger partial charge in [0.15, 0.2) is 11.5 Å². The van der Waals surface area contributed by atoms with Crippen molar-refractivity contribution in [3.63, 3.8) is 0 Å². The zero-order chi connectivity index (χ0) is 24.9. The van der Waals surface area contributed by atoms with Gasteiger partial charge in [-0.25, -0.2) is 12.8 Å². The summed E-state index contributed by atoms with van der Waals surface area (Å²) in [5.74, 6) is 0.464. The molecule has 1 heterocycles. The van der Waals surface area contributed by atoms with Crippen LogP contribution in [0.15, 0.2) is 41.3 Å². The Morgan fingerprint density at radius 2 is 1.65 bits per heavy atom. The summed E-state index contributed by atoms with van der Waals surface area (Å²) in [6.45, 7) is 4.09. The van der Waals surface area contributed by atoms with Crippen molar-refractivity contribution in [1.82, 2.24) is 14.5 Å². The van der Waals surface area contributed by atoms with Gasteiger partial charge in [0.05, 0.1) is 27.4 Å². The van der Waals surface area contributed by atoms with Gasteiger partial charge in [0, 0.05) is 38.3 Å². The van der Waals surface area contributed by atoms with E-state index < -0.39 is 26.8 Å². The number of nitrogens with zero attached hydrogens (tertiary/aromatic N) is 2. The molecule has 2 aromatic rings. The van der Waals surface area contributed by atoms with E-state index in [4.69, 9.17) is 14.2 Å². The molecule has 0 aliphatic carbocycles. The molecule has 0 spiro atoms. The summed E-state index contributed by atoms with van der Waals surface area (Å²) in [5.41, 5.74) is 0.922. The third-order valence-corrected chi connectivity index (χ3v) is 7.27. The molecule has 1 saturated heterocycles. The van der Waals surface area contributed by atoms with E-state index in [1.165, 1.54) is 19.1 Å². The summed E-state index contributed by atoms with van der Waals surface area (Å²) in [6.07, 6.45) is 0. The Balaban J connectivity index is 1.60. The number of carbonyl (C=O) groups is 1. The van der Waals surface area contributed by atoms with Crippen LogP contribution in [0, 0.1) is 5.82 Å². The summed E-state index contributed by atoms with van der Waals surface area (Å²) in [4.78, 5) is 16.1. The predicted molar refractivity (Wildman–Crippen MR) is 124 cm³/mol. The van der Waals surface area contributed by atoms with Gasteiger partial charge in [-0.15, -0.1) is 0 Å². The highest BCUT2D eigenvalue weighted by molar-refractivity contribution is 7.89. The maximum Gasteiger partial charge on any atom is 0.244 e. The van der Waals surface area contributed by atoms with E-state index >= 15 is 0 Å². The maximum absolute atomic E-state index is 13.9. The van der Waals surface area contributed by atoms with Crippen molar-refractivity contribution in [2.75, 3.05) is 47.5 Å². The van der Waals surface area contributed by atoms with Crippen LogP contribution >= 0.6 is 0 Å². The largest absolute Gasteiger partial charge is 0.493 e. The number of ether oxygens (including phenoxy) is 3. The zero-order valence-electron chi connectivity index (χ0n) is 19.7. The number of sulfonamides is 1. The van der Waals surface area contributed by atoms with E-state index in [2.05, 4.69) is 9.62 Å². The summed E-state index contributed by atoms with van der Waals surface area (Å²) in [7, 11) is 0.518. The zero-order valence-corrected chi connectivity index (χ0v) is 20.5. The van der Waals surface area contributed by atoms with E-state index in [1.807, 2.05) is 12.1 Å². The van der Waals surface area contributed by atoms with E-state index in [0.29, 0.717) is 50.0 Å². The number of amides is 1. The highest BCUT2D eigenvalue weighted by Gasteiger charge is 2.30. The molecule has 2 aromatic carbocycles. The normalized spacial score (nSPS) is 15.6. The number of carbonyl (C=O) groups excluding carboxylic acids is 1. The molecule has 1 aliphatic heterocycles. The molecule has 1 amide bonds. The van der Waals surface area contributed by atoms with Crippen LogP contribution in [0.3, 0.4) is 0 Å². The molecule has 1 atom stereocenters. The van der Waals surface area contributed by atoms with Gasteiger partial charge >= 0.3 is 0 Å². The van der Waals surface area contributed by atoms with Crippen LogP contribution in [0.2, 0.25) is 0 Å². The molecule has 0 bridgehead atoms.